The summed E-state index contributed by atoms with van der Waals surface area (Å²) >= 11 is 1.59. The largest absolute Gasteiger partial charge is 0.347 e. The van der Waals surface area contributed by atoms with Gasteiger partial charge in [-0.3, -0.25) is 9.69 Å². The maximum absolute atomic E-state index is 12.9. The van der Waals surface area contributed by atoms with Gasteiger partial charge in [0.05, 0.1) is 28.1 Å². The third-order valence-corrected chi connectivity index (χ3v) is 9.04. The van der Waals surface area contributed by atoms with Crippen LogP contribution < -0.4 is 5.32 Å². The minimum absolute atomic E-state index is 0.000131. The second kappa shape index (κ2) is 9.85. The number of benzene rings is 1. The van der Waals surface area contributed by atoms with E-state index in [-0.39, 0.29) is 29.5 Å². The lowest BCUT2D eigenvalue weighted by Crippen LogP contribution is -2.52. The minimum atomic E-state index is -3.16. The second-order valence-electron chi connectivity index (χ2n) is 8.88. The van der Waals surface area contributed by atoms with E-state index in [1.165, 1.54) is 12.5 Å². The third-order valence-electron chi connectivity index (χ3n) is 6.44. The molecule has 0 spiro atoms. The number of carbonyl (C=O) groups is 1. The Bertz CT molecular complexity index is 1260. The van der Waals surface area contributed by atoms with Crippen LogP contribution in [0, 0.1) is 0 Å². The van der Waals surface area contributed by atoms with E-state index in [4.69, 9.17) is 5.10 Å². The van der Waals surface area contributed by atoms with Crippen LogP contribution in [0.5, 0.6) is 0 Å². The fraction of sp³-hybridized carbons (Fsp3) is 0.360. The summed E-state index contributed by atoms with van der Waals surface area (Å²) in [6.07, 6.45) is 8.49. The second-order valence-corrected chi connectivity index (χ2v) is 12.0. The Hall–Kier alpha value is -2.75. The molecule has 2 atom stereocenters. The van der Waals surface area contributed by atoms with Crippen molar-refractivity contribution in [1.29, 1.82) is 0 Å². The fourth-order valence-electron chi connectivity index (χ4n) is 4.80. The molecule has 2 aromatic heterocycles. The molecule has 2 saturated heterocycles. The molecule has 2 fully saturated rings. The van der Waals surface area contributed by atoms with Gasteiger partial charge in [0.15, 0.2) is 9.84 Å². The number of para-hydroxylation sites is 1. The summed E-state index contributed by atoms with van der Waals surface area (Å²) in [5.41, 5.74) is 2.57. The molecule has 34 heavy (non-hydrogen) atoms. The lowest BCUT2D eigenvalue weighted by molar-refractivity contribution is -0.117. The number of hydrogen-bond acceptors (Lipinski definition) is 6. The molecule has 0 aliphatic carbocycles. The molecule has 1 amide bonds. The van der Waals surface area contributed by atoms with E-state index in [2.05, 4.69) is 10.2 Å². The topological polar surface area (TPSA) is 84.3 Å². The number of piperidine rings is 1. The summed E-state index contributed by atoms with van der Waals surface area (Å²) in [6.45, 7) is 1.79. The Morgan fingerprint density at radius 2 is 1.85 bits per heavy atom. The molecule has 2 aliphatic heterocycles. The number of thiophene rings is 1. The highest BCUT2D eigenvalue weighted by Gasteiger charge is 2.41. The fourth-order valence-corrected chi connectivity index (χ4v) is 7.48. The Morgan fingerprint density at radius 1 is 1.06 bits per heavy atom. The maximum atomic E-state index is 12.9. The first kappa shape index (κ1) is 23.0. The number of rotatable bonds is 6. The van der Waals surface area contributed by atoms with Gasteiger partial charge in [-0.2, -0.15) is 5.10 Å². The van der Waals surface area contributed by atoms with Gasteiger partial charge in [0.1, 0.15) is 5.69 Å². The smallest absolute Gasteiger partial charge is 0.244 e. The maximum Gasteiger partial charge on any atom is 0.244 e. The molecule has 178 valence electrons. The van der Waals surface area contributed by atoms with Crippen LogP contribution in [-0.4, -0.2) is 65.7 Å². The first-order valence-corrected chi connectivity index (χ1v) is 14.3. The molecular formula is C25H28N4O3S2. The van der Waals surface area contributed by atoms with Crippen molar-refractivity contribution in [3.05, 3.63) is 65.7 Å². The van der Waals surface area contributed by atoms with Gasteiger partial charge < -0.3 is 5.32 Å². The molecule has 5 rings (SSSR count). The standard InChI is InChI=1S/C25H28N4O3S2/c30-24(26-21-17-34(31,32)18-22(21)28-13-5-2-6-14-28)12-11-19-16-29(20-8-3-1-4-9-20)27-25(19)23-10-7-15-33-23/h1,3-4,7-12,15-16,21-22H,2,5-6,13-14,17-18H2,(H,26,30)/b12-11+. The molecule has 0 saturated carbocycles. The minimum Gasteiger partial charge on any atom is -0.347 e. The van der Waals surface area contributed by atoms with Crippen LogP contribution in [0.25, 0.3) is 22.3 Å². The predicted molar refractivity (Wildman–Crippen MR) is 136 cm³/mol. The highest BCUT2D eigenvalue weighted by molar-refractivity contribution is 7.91. The Morgan fingerprint density at radius 3 is 2.59 bits per heavy atom. The van der Waals surface area contributed by atoms with Crippen LogP contribution in [0.2, 0.25) is 0 Å². The summed E-state index contributed by atoms with van der Waals surface area (Å²) in [5.74, 6) is -0.164. The molecule has 9 heteroatoms. The molecule has 0 bridgehead atoms. The van der Waals surface area contributed by atoms with E-state index in [0.29, 0.717) is 0 Å². The average molecular weight is 497 g/mol. The highest BCUT2D eigenvalue weighted by Crippen LogP contribution is 2.29. The van der Waals surface area contributed by atoms with E-state index in [9.17, 15) is 13.2 Å². The molecule has 1 aromatic carbocycles. The average Bonchev–Trinajstić information content (AvgIpc) is 3.57. The molecule has 7 nitrogen and oxygen atoms in total. The number of nitrogens with one attached hydrogen (secondary N) is 1. The number of amides is 1. The Labute approximate surface area is 204 Å². The zero-order chi connectivity index (χ0) is 23.5. The SMILES string of the molecule is O=C(/C=C/c1cn(-c2ccccc2)nc1-c1cccs1)NC1CS(=O)(=O)CC1N1CCCCC1. The lowest BCUT2D eigenvalue weighted by Gasteiger charge is -2.34. The van der Waals surface area contributed by atoms with Gasteiger partial charge in [0, 0.05) is 23.9 Å². The van der Waals surface area contributed by atoms with Gasteiger partial charge in [0.2, 0.25) is 5.91 Å². The number of sulfone groups is 1. The number of aromatic nitrogens is 2. The van der Waals surface area contributed by atoms with E-state index in [0.717, 1.165) is 47.8 Å². The van der Waals surface area contributed by atoms with Gasteiger partial charge in [-0.05, 0) is 55.6 Å². The van der Waals surface area contributed by atoms with Crippen LogP contribution in [0.1, 0.15) is 24.8 Å². The van der Waals surface area contributed by atoms with Crippen LogP contribution in [0.4, 0.5) is 0 Å². The van der Waals surface area contributed by atoms with E-state index in [1.807, 2.05) is 58.7 Å². The quantitative estimate of drug-likeness (QED) is 0.529. The molecule has 4 heterocycles. The van der Waals surface area contributed by atoms with Crippen molar-refractivity contribution in [3.8, 4) is 16.3 Å². The zero-order valence-electron chi connectivity index (χ0n) is 18.8. The first-order valence-electron chi connectivity index (χ1n) is 11.6. The van der Waals surface area contributed by atoms with Crippen LogP contribution in [-0.2, 0) is 14.6 Å². The molecule has 2 aliphatic rings. The first-order chi connectivity index (χ1) is 16.5. The number of hydrogen-bond donors (Lipinski definition) is 1. The van der Waals surface area contributed by atoms with E-state index < -0.39 is 9.84 Å². The van der Waals surface area contributed by atoms with Crippen molar-refractivity contribution in [2.24, 2.45) is 0 Å². The Kier molecular flexibility index (Phi) is 6.67. The highest BCUT2D eigenvalue weighted by atomic mass is 32.2. The molecule has 3 aromatic rings. The van der Waals surface area contributed by atoms with Gasteiger partial charge >= 0.3 is 0 Å². The molecule has 0 radical (unpaired) electrons. The zero-order valence-corrected chi connectivity index (χ0v) is 20.5. The van der Waals surface area contributed by atoms with Gasteiger partial charge in [0.25, 0.3) is 0 Å². The van der Waals surface area contributed by atoms with Crippen molar-refractivity contribution in [2.75, 3.05) is 24.6 Å². The van der Waals surface area contributed by atoms with Gasteiger partial charge in [-0.15, -0.1) is 11.3 Å². The van der Waals surface area contributed by atoms with Crippen molar-refractivity contribution >= 4 is 33.2 Å². The number of likely N-dealkylation sites (tertiary alicyclic amines) is 1. The summed E-state index contributed by atoms with van der Waals surface area (Å²) < 4.78 is 26.5. The van der Waals surface area contributed by atoms with Crippen LogP contribution >= 0.6 is 11.3 Å². The van der Waals surface area contributed by atoms with Crippen LogP contribution in [0.3, 0.4) is 0 Å². The summed E-state index contributed by atoms with van der Waals surface area (Å²) in [6, 6.07) is 13.3. The third kappa shape index (κ3) is 5.16. The number of nitrogens with zero attached hydrogens (tertiary/aromatic N) is 3. The summed E-state index contributed by atoms with van der Waals surface area (Å²) in [7, 11) is -3.16. The van der Waals surface area contributed by atoms with Gasteiger partial charge in [-0.25, -0.2) is 13.1 Å². The monoisotopic (exact) mass is 496 g/mol. The summed E-state index contributed by atoms with van der Waals surface area (Å²) in [4.78, 5) is 16.1. The van der Waals surface area contributed by atoms with Crippen molar-refractivity contribution in [1.82, 2.24) is 20.0 Å². The van der Waals surface area contributed by atoms with E-state index in [1.54, 1.807) is 17.4 Å². The van der Waals surface area contributed by atoms with Crippen LogP contribution in [0.15, 0.2) is 60.1 Å². The normalized spacial score (nSPS) is 22.8. The van der Waals surface area contributed by atoms with Crippen molar-refractivity contribution < 1.29 is 13.2 Å². The lowest BCUT2D eigenvalue weighted by atomic mass is 10.0. The molecule has 2 unspecified atom stereocenters. The predicted octanol–water partition coefficient (Wildman–Crippen LogP) is 3.38. The Balaban J connectivity index is 1.35. The van der Waals surface area contributed by atoms with Gasteiger partial charge in [-0.1, -0.05) is 30.7 Å². The number of carbonyl (C=O) groups excluding carboxylic acids is 1. The van der Waals surface area contributed by atoms with Crippen molar-refractivity contribution in [3.63, 3.8) is 0 Å². The van der Waals surface area contributed by atoms with E-state index >= 15 is 0 Å². The molecular weight excluding hydrogens is 468 g/mol. The molecule has 1 N–H and O–H groups in total. The summed E-state index contributed by atoms with van der Waals surface area (Å²) in [5, 5.41) is 9.73. The van der Waals surface area contributed by atoms with Crippen molar-refractivity contribution in [2.45, 2.75) is 31.3 Å².